The average molecular weight is 378 g/mol. The lowest BCUT2D eigenvalue weighted by Gasteiger charge is -2.32. The van der Waals surface area contributed by atoms with Crippen LogP contribution >= 0.6 is 0 Å². The Morgan fingerprint density at radius 3 is 2.39 bits per heavy atom. The molecule has 0 unspecified atom stereocenters. The van der Waals surface area contributed by atoms with Crippen LogP contribution in [0.2, 0.25) is 0 Å². The van der Waals surface area contributed by atoms with Gasteiger partial charge in [0.05, 0.1) is 16.8 Å². The molecule has 1 fully saturated rings. The summed E-state index contributed by atoms with van der Waals surface area (Å²) in [4.78, 5) is 11.1. The van der Waals surface area contributed by atoms with Crippen molar-refractivity contribution < 1.29 is 4.39 Å². The van der Waals surface area contributed by atoms with Gasteiger partial charge < -0.3 is 9.88 Å². The fraction of sp³-hybridized carbons (Fsp3) is 0.375. The zero-order valence-electron chi connectivity index (χ0n) is 16.9. The monoisotopic (exact) mass is 377 g/mol. The number of nitrogens with one attached hydrogen (secondary N) is 1. The molecule has 0 radical (unpaired) electrons. The highest BCUT2D eigenvalue weighted by molar-refractivity contribution is 6.14. The summed E-state index contributed by atoms with van der Waals surface area (Å²) in [5.41, 5.74) is 3.83. The van der Waals surface area contributed by atoms with Crippen molar-refractivity contribution in [3.05, 3.63) is 59.9 Å². The molecule has 1 aliphatic rings. The molecule has 1 N–H and O–H groups in total. The van der Waals surface area contributed by atoms with Crippen molar-refractivity contribution >= 4 is 16.7 Å². The smallest absolute Gasteiger partial charge is 0.134 e. The fourth-order valence-electron chi connectivity index (χ4n) is 3.93. The number of amidine groups is 1. The van der Waals surface area contributed by atoms with E-state index in [4.69, 9.17) is 4.99 Å². The van der Waals surface area contributed by atoms with Gasteiger partial charge in [-0.15, -0.1) is 0 Å². The van der Waals surface area contributed by atoms with Gasteiger partial charge in [-0.1, -0.05) is 30.3 Å². The Hall–Kier alpha value is -2.62. The van der Waals surface area contributed by atoms with E-state index in [-0.39, 0.29) is 11.4 Å². The molecule has 0 bridgehead atoms. The second-order valence-electron chi connectivity index (χ2n) is 8.58. The van der Waals surface area contributed by atoms with Crippen molar-refractivity contribution in [3.63, 3.8) is 0 Å². The van der Waals surface area contributed by atoms with Crippen LogP contribution < -0.4 is 0 Å². The molecule has 4 heteroatoms. The lowest BCUT2D eigenvalue weighted by molar-refractivity contribution is 0.339. The lowest BCUT2D eigenvalue weighted by atomic mass is 10.0. The number of likely N-dealkylation sites (tertiary alicyclic amines) is 1. The van der Waals surface area contributed by atoms with Gasteiger partial charge in [-0.05, 0) is 63.8 Å². The fourth-order valence-corrected chi connectivity index (χ4v) is 3.93. The van der Waals surface area contributed by atoms with Crippen LogP contribution in [0.4, 0.5) is 4.39 Å². The van der Waals surface area contributed by atoms with Crippen molar-refractivity contribution in [3.8, 4) is 11.3 Å². The zero-order valence-corrected chi connectivity index (χ0v) is 16.9. The number of halogens is 1. The van der Waals surface area contributed by atoms with E-state index >= 15 is 0 Å². The highest BCUT2D eigenvalue weighted by Gasteiger charge is 2.26. The SMILES string of the molecule is CC(C)(C)N=C(c1c(-c2ccccc2)[nH]c2ccc(F)cc12)N1CCCCC1. The predicted molar refractivity (Wildman–Crippen MR) is 115 cm³/mol. The first-order chi connectivity index (χ1) is 13.4. The summed E-state index contributed by atoms with van der Waals surface area (Å²) in [5.74, 6) is 0.754. The van der Waals surface area contributed by atoms with Gasteiger partial charge in [-0.2, -0.15) is 0 Å². The van der Waals surface area contributed by atoms with E-state index in [1.54, 1.807) is 6.07 Å². The highest BCUT2D eigenvalue weighted by atomic mass is 19.1. The number of H-pyrrole nitrogens is 1. The lowest BCUT2D eigenvalue weighted by Crippen LogP contribution is -2.38. The molecule has 0 spiro atoms. The van der Waals surface area contributed by atoms with Gasteiger partial charge in [0.15, 0.2) is 0 Å². The molecule has 1 aromatic heterocycles. The number of nitrogens with zero attached hydrogens (tertiary/aromatic N) is 2. The molecule has 2 aromatic carbocycles. The summed E-state index contributed by atoms with van der Waals surface area (Å²) in [7, 11) is 0. The molecule has 146 valence electrons. The largest absolute Gasteiger partial charge is 0.356 e. The minimum Gasteiger partial charge on any atom is -0.356 e. The molecular weight excluding hydrogens is 349 g/mol. The van der Waals surface area contributed by atoms with Gasteiger partial charge >= 0.3 is 0 Å². The van der Waals surface area contributed by atoms with Crippen LogP contribution in [0.25, 0.3) is 22.2 Å². The number of fused-ring (bicyclic) bond motifs is 1. The molecule has 0 aliphatic carbocycles. The topological polar surface area (TPSA) is 31.4 Å². The van der Waals surface area contributed by atoms with E-state index in [2.05, 4.69) is 42.8 Å². The number of piperidine rings is 1. The van der Waals surface area contributed by atoms with Gasteiger partial charge in [0.25, 0.3) is 0 Å². The molecule has 4 rings (SSSR count). The Kier molecular flexibility index (Phi) is 4.96. The Balaban J connectivity index is 2.00. The molecule has 0 atom stereocenters. The Morgan fingerprint density at radius 2 is 1.71 bits per heavy atom. The van der Waals surface area contributed by atoms with Gasteiger partial charge in [-0.25, -0.2) is 4.39 Å². The second kappa shape index (κ2) is 7.42. The molecule has 1 saturated heterocycles. The Labute approximate surface area is 166 Å². The third kappa shape index (κ3) is 3.82. The molecule has 0 saturated carbocycles. The second-order valence-corrected chi connectivity index (χ2v) is 8.58. The van der Waals surface area contributed by atoms with Gasteiger partial charge in [0.2, 0.25) is 0 Å². The number of rotatable bonds is 2. The van der Waals surface area contributed by atoms with Crippen molar-refractivity contribution in [1.82, 2.24) is 9.88 Å². The summed E-state index contributed by atoms with van der Waals surface area (Å²) < 4.78 is 14.2. The molecule has 3 aromatic rings. The van der Waals surface area contributed by atoms with Crippen molar-refractivity contribution in [2.24, 2.45) is 4.99 Å². The third-order valence-electron chi connectivity index (χ3n) is 5.14. The first-order valence-electron chi connectivity index (χ1n) is 10.1. The number of hydrogen-bond acceptors (Lipinski definition) is 1. The Morgan fingerprint density at radius 1 is 1.00 bits per heavy atom. The van der Waals surface area contributed by atoms with Crippen LogP contribution in [0, 0.1) is 5.82 Å². The number of aromatic nitrogens is 1. The minimum absolute atomic E-state index is 0.221. The van der Waals surface area contributed by atoms with Crippen molar-refractivity contribution in [2.45, 2.75) is 45.6 Å². The highest BCUT2D eigenvalue weighted by Crippen LogP contribution is 2.33. The standard InChI is InChI=1S/C24H28FN3/c1-24(2,3)27-23(28-14-8-5-9-15-28)21-19-16-18(25)12-13-20(19)26-22(21)17-10-6-4-7-11-17/h4,6-7,10-13,16,26H,5,8-9,14-15H2,1-3H3. The maximum atomic E-state index is 14.2. The molecule has 2 heterocycles. The quantitative estimate of drug-likeness (QED) is 0.431. The average Bonchev–Trinajstić information content (AvgIpc) is 3.05. The van der Waals surface area contributed by atoms with Crippen molar-refractivity contribution in [1.29, 1.82) is 0 Å². The number of aromatic amines is 1. The molecule has 3 nitrogen and oxygen atoms in total. The van der Waals surface area contributed by atoms with Gasteiger partial charge in [0.1, 0.15) is 11.7 Å². The van der Waals surface area contributed by atoms with Crippen LogP contribution in [-0.2, 0) is 0 Å². The van der Waals surface area contributed by atoms with E-state index in [0.717, 1.165) is 46.6 Å². The third-order valence-corrected chi connectivity index (χ3v) is 5.14. The van der Waals surface area contributed by atoms with E-state index < -0.39 is 0 Å². The van der Waals surface area contributed by atoms with Crippen molar-refractivity contribution in [2.75, 3.05) is 13.1 Å². The van der Waals surface area contributed by atoms with Crippen LogP contribution in [0.1, 0.15) is 45.6 Å². The van der Waals surface area contributed by atoms with E-state index in [1.807, 2.05) is 24.3 Å². The Bertz CT molecular complexity index is 990. The first kappa shape index (κ1) is 18.7. The predicted octanol–water partition coefficient (Wildman–Crippen LogP) is 6.01. The van der Waals surface area contributed by atoms with Crippen LogP contribution in [0.5, 0.6) is 0 Å². The summed E-state index contributed by atoms with van der Waals surface area (Å²) in [6.07, 6.45) is 3.59. The zero-order chi connectivity index (χ0) is 19.7. The summed E-state index contributed by atoms with van der Waals surface area (Å²) >= 11 is 0. The number of aliphatic imine (C=N–C) groups is 1. The number of benzene rings is 2. The van der Waals surface area contributed by atoms with Crippen LogP contribution in [-0.4, -0.2) is 34.3 Å². The van der Waals surface area contributed by atoms with E-state index in [9.17, 15) is 4.39 Å². The van der Waals surface area contributed by atoms with E-state index in [1.165, 1.54) is 25.3 Å². The number of hydrogen-bond donors (Lipinski definition) is 1. The summed E-state index contributed by atoms with van der Waals surface area (Å²) in [5, 5.41) is 0.896. The van der Waals surface area contributed by atoms with Crippen LogP contribution in [0.3, 0.4) is 0 Å². The molecule has 1 aliphatic heterocycles. The molecule has 0 amide bonds. The van der Waals surface area contributed by atoms with Gasteiger partial charge in [0, 0.05) is 24.0 Å². The maximum absolute atomic E-state index is 14.2. The van der Waals surface area contributed by atoms with Crippen LogP contribution in [0.15, 0.2) is 53.5 Å². The summed E-state index contributed by atoms with van der Waals surface area (Å²) in [6.45, 7) is 8.34. The molecule has 28 heavy (non-hydrogen) atoms. The first-order valence-corrected chi connectivity index (χ1v) is 10.1. The maximum Gasteiger partial charge on any atom is 0.134 e. The molecular formula is C24H28FN3. The van der Waals surface area contributed by atoms with E-state index in [0.29, 0.717) is 0 Å². The van der Waals surface area contributed by atoms with Gasteiger partial charge in [-0.3, -0.25) is 4.99 Å². The normalized spacial score (nSPS) is 16.0. The summed E-state index contributed by atoms with van der Waals surface area (Å²) in [6, 6.07) is 15.2. The minimum atomic E-state index is -0.225.